The molecular formula is C9H13NO5. The quantitative estimate of drug-likeness (QED) is 0.674. The second-order valence-corrected chi connectivity index (χ2v) is 3.89. The van der Waals surface area contributed by atoms with Crippen LogP contribution in [-0.4, -0.2) is 43.5 Å². The van der Waals surface area contributed by atoms with Gasteiger partial charge in [-0.25, -0.2) is 9.59 Å². The van der Waals surface area contributed by atoms with E-state index in [0.29, 0.717) is 13.2 Å². The lowest BCUT2D eigenvalue weighted by atomic mass is 10.1. The van der Waals surface area contributed by atoms with E-state index in [1.807, 2.05) is 0 Å². The van der Waals surface area contributed by atoms with Gasteiger partial charge in [-0.3, -0.25) is 0 Å². The maximum atomic E-state index is 11.0. The number of carboxylic acids is 1. The highest BCUT2D eigenvalue weighted by Gasteiger charge is 2.59. The Hall–Kier alpha value is -1.30. The summed E-state index contributed by atoms with van der Waals surface area (Å²) in [6.45, 7) is 1.20. The van der Waals surface area contributed by atoms with Crippen molar-refractivity contribution in [3.63, 3.8) is 0 Å². The largest absolute Gasteiger partial charge is 0.480 e. The SMILES string of the molecule is COC(=O)N[C@@H](C(=O)O)C1[C@H]2COC[C@@H]12. The summed E-state index contributed by atoms with van der Waals surface area (Å²) in [4.78, 5) is 21.9. The molecule has 1 saturated carbocycles. The predicted octanol–water partition coefficient (Wildman–Crippen LogP) is -0.312. The summed E-state index contributed by atoms with van der Waals surface area (Å²) in [5.41, 5.74) is 0. The minimum Gasteiger partial charge on any atom is -0.480 e. The molecule has 84 valence electrons. The fraction of sp³-hybridized carbons (Fsp3) is 0.778. The third kappa shape index (κ3) is 1.77. The zero-order valence-corrected chi connectivity index (χ0v) is 8.30. The normalized spacial score (nSPS) is 34.1. The van der Waals surface area contributed by atoms with Crippen LogP contribution in [0.4, 0.5) is 4.79 Å². The van der Waals surface area contributed by atoms with E-state index in [1.54, 1.807) is 0 Å². The summed E-state index contributed by atoms with van der Waals surface area (Å²) in [6, 6.07) is -0.851. The molecule has 1 heterocycles. The van der Waals surface area contributed by atoms with E-state index >= 15 is 0 Å². The lowest BCUT2D eigenvalue weighted by Gasteiger charge is -2.15. The molecule has 0 spiro atoms. The summed E-state index contributed by atoms with van der Waals surface area (Å²) in [5.74, 6) is -0.457. The Morgan fingerprint density at radius 3 is 2.53 bits per heavy atom. The number of hydrogen-bond acceptors (Lipinski definition) is 4. The molecule has 2 N–H and O–H groups in total. The molecule has 4 atom stereocenters. The minimum absolute atomic E-state index is 0.00431. The molecule has 2 fully saturated rings. The molecule has 1 aliphatic heterocycles. The summed E-state index contributed by atoms with van der Waals surface area (Å²) in [6.07, 6.45) is -0.701. The molecule has 15 heavy (non-hydrogen) atoms. The summed E-state index contributed by atoms with van der Waals surface area (Å²) in [5, 5.41) is 11.3. The highest BCUT2D eigenvalue weighted by atomic mass is 16.5. The first kappa shape index (κ1) is 10.2. The van der Waals surface area contributed by atoms with Gasteiger partial charge in [-0.15, -0.1) is 0 Å². The van der Waals surface area contributed by atoms with Crippen LogP contribution in [0.25, 0.3) is 0 Å². The van der Waals surface area contributed by atoms with Crippen molar-refractivity contribution in [1.29, 1.82) is 0 Å². The minimum atomic E-state index is -1.01. The van der Waals surface area contributed by atoms with Crippen molar-refractivity contribution >= 4 is 12.1 Å². The first-order valence-electron chi connectivity index (χ1n) is 4.80. The number of hydrogen-bond donors (Lipinski definition) is 2. The molecule has 6 heteroatoms. The van der Waals surface area contributed by atoms with Crippen molar-refractivity contribution in [3.05, 3.63) is 0 Å². The molecule has 1 saturated heterocycles. The van der Waals surface area contributed by atoms with Crippen molar-refractivity contribution < 1.29 is 24.2 Å². The third-order valence-electron chi connectivity index (χ3n) is 3.13. The van der Waals surface area contributed by atoms with E-state index in [1.165, 1.54) is 7.11 Å². The van der Waals surface area contributed by atoms with Gasteiger partial charge >= 0.3 is 12.1 Å². The molecule has 1 amide bonds. The zero-order valence-electron chi connectivity index (χ0n) is 8.30. The number of methoxy groups -OCH3 is 1. The molecule has 0 radical (unpaired) electrons. The Bertz CT molecular complexity index is 282. The molecule has 1 aliphatic carbocycles. The van der Waals surface area contributed by atoms with E-state index in [4.69, 9.17) is 9.84 Å². The molecule has 0 aromatic carbocycles. The fourth-order valence-electron chi connectivity index (χ4n) is 2.29. The van der Waals surface area contributed by atoms with E-state index in [2.05, 4.69) is 10.1 Å². The number of amides is 1. The number of carbonyl (C=O) groups excluding carboxylic acids is 1. The average Bonchev–Trinajstić information content (AvgIpc) is 2.68. The van der Waals surface area contributed by atoms with Crippen molar-refractivity contribution in [2.75, 3.05) is 20.3 Å². The molecular weight excluding hydrogens is 202 g/mol. The number of nitrogens with one attached hydrogen (secondary N) is 1. The first-order valence-corrected chi connectivity index (χ1v) is 4.80. The third-order valence-corrected chi connectivity index (χ3v) is 3.13. The highest BCUT2D eigenvalue weighted by Crippen LogP contribution is 2.52. The summed E-state index contributed by atoms with van der Waals surface area (Å²) >= 11 is 0. The van der Waals surface area contributed by atoms with Gasteiger partial charge < -0.3 is 19.9 Å². The van der Waals surface area contributed by atoms with Gasteiger partial charge in [0.15, 0.2) is 0 Å². The van der Waals surface area contributed by atoms with E-state index in [-0.39, 0.29) is 17.8 Å². The fourth-order valence-corrected chi connectivity index (χ4v) is 2.29. The summed E-state index contributed by atoms with van der Waals surface area (Å²) in [7, 11) is 1.21. The number of alkyl carbamates (subject to hydrolysis) is 1. The van der Waals surface area contributed by atoms with Crippen LogP contribution in [0.5, 0.6) is 0 Å². The number of carboxylic acid groups (broad SMARTS) is 1. The van der Waals surface area contributed by atoms with Gasteiger partial charge in [-0.1, -0.05) is 0 Å². The Morgan fingerprint density at radius 1 is 1.47 bits per heavy atom. The molecule has 0 aromatic rings. The maximum absolute atomic E-state index is 11.0. The topological polar surface area (TPSA) is 84.9 Å². The van der Waals surface area contributed by atoms with Crippen LogP contribution in [0.1, 0.15) is 0 Å². The smallest absolute Gasteiger partial charge is 0.407 e. The van der Waals surface area contributed by atoms with Crippen molar-refractivity contribution in [3.8, 4) is 0 Å². The molecule has 2 rings (SSSR count). The maximum Gasteiger partial charge on any atom is 0.407 e. The molecule has 6 nitrogen and oxygen atoms in total. The monoisotopic (exact) mass is 215 g/mol. The van der Waals surface area contributed by atoms with Crippen LogP contribution in [-0.2, 0) is 14.3 Å². The number of ether oxygens (including phenoxy) is 2. The van der Waals surface area contributed by atoms with Crippen LogP contribution in [0.2, 0.25) is 0 Å². The number of carbonyl (C=O) groups is 2. The first-order chi connectivity index (χ1) is 7.15. The van der Waals surface area contributed by atoms with Gasteiger partial charge in [0.05, 0.1) is 20.3 Å². The standard InChI is InChI=1S/C9H13NO5/c1-14-9(13)10-7(8(11)12)6-4-2-15-3-5(4)6/h4-7H,2-3H2,1H3,(H,10,13)(H,11,12)/t4-,5+,6?,7-/m1/s1. The van der Waals surface area contributed by atoms with Gasteiger partial charge in [-0.2, -0.15) is 0 Å². The van der Waals surface area contributed by atoms with E-state index in [0.717, 1.165) is 0 Å². The van der Waals surface area contributed by atoms with Gasteiger partial charge in [-0.05, 0) is 11.8 Å². The Labute approximate surface area is 86.5 Å². The molecule has 2 aliphatic rings. The lowest BCUT2D eigenvalue weighted by molar-refractivity contribution is -0.140. The van der Waals surface area contributed by atoms with E-state index in [9.17, 15) is 9.59 Å². The van der Waals surface area contributed by atoms with Crippen LogP contribution in [0, 0.1) is 17.8 Å². The van der Waals surface area contributed by atoms with Gasteiger partial charge in [0.25, 0.3) is 0 Å². The van der Waals surface area contributed by atoms with Gasteiger partial charge in [0, 0.05) is 5.92 Å². The van der Waals surface area contributed by atoms with Gasteiger partial charge in [0.2, 0.25) is 0 Å². The molecule has 1 unspecified atom stereocenters. The number of aliphatic carboxylic acids is 1. The Kier molecular flexibility index (Phi) is 2.52. The number of rotatable bonds is 3. The molecule has 0 bridgehead atoms. The second kappa shape index (κ2) is 3.69. The Morgan fingerprint density at radius 2 is 2.07 bits per heavy atom. The van der Waals surface area contributed by atoms with Crippen molar-refractivity contribution in [2.45, 2.75) is 6.04 Å². The van der Waals surface area contributed by atoms with E-state index < -0.39 is 18.1 Å². The van der Waals surface area contributed by atoms with Gasteiger partial charge in [0.1, 0.15) is 6.04 Å². The van der Waals surface area contributed by atoms with Crippen LogP contribution in [0.15, 0.2) is 0 Å². The molecule has 0 aromatic heterocycles. The van der Waals surface area contributed by atoms with Crippen LogP contribution in [0.3, 0.4) is 0 Å². The summed E-state index contributed by atoms with van der Waals surface area (Å²) < 4.78 is 9.55. The average molecular weight is 215 g/mol. The highest BCUT2D eigenvalue weighted by molar-refractivity contribution is 5.80. The second-order valence-electron chi connectivity index (χ2n) is 3.89. The van der Waals surface area contributed by atoms with Crippen molar-refractivity contribution in [2.24, 2.45) is 17.8 Å². The lowest BCUT2D eigenvalue weighted by Crippen LogP contribution is -2.43. The number of fused-ring (bicyclic) bond motifs is 1. The predicted molar refractivity (Wildman–Crippen MR) is 48.3 cm³/mol. The van der Waals surface area contributed by atoms with Crippen LogP contribution >= 0.6 is 0 Å². The van der Waals surface area contributed by atoms with Crippen LogP contribution < -0.4 is 5.32 Å². The Balaban J connectivity index is 1.96. The zero-order chi connectivity index (χ0) is 11.0. The van der Waals surface area contributed by atoms with Crippen molar-refractivity contribution in [1.82, 2.24) is 5.32 Å².